The van der Waals surface area contributed by atoms with Crippen molar-refractivity contribution in [1.29, 1.82) is 0 Å². The highest BCUT2D eigenvalue weighted by Gasteiger charge is 2.23. The van der Waals surface area contributed by atoms with E-state index in [0.717, 1.165) is 0 Å². The lowest BCUT2D eigenvalue weighted by Crippen LogP contribution is -2.43. The lowest BCUT2D eigenvalue weighted by molar-refractivity contribution is 0.146. The van der Waals surface area contributed by atoms with Gasteiger partial charge in [0.1, 0.15) is 0 Å². The topological polar surface area (TPSA) is 126 Å². The normalized spacial score (nSPS) is 11.7. The molecule has 0 saturated heterocycles. The van der Waals surface area contributed by atoms with E-state index in [1.165, 1.54) is 0 Å². The maximum atomic E-state index is 9.17. The first-order valence-corrected chi connectivity index (χ1v) is 5.56. The van der Waals surface area contributed by atoms with Gasteiger partial charge in [-0.2, -0.15) is 15.0 Å². The molecule has 1 heterocycles. The van der Waals surface area contributed by atoms with Gasteiger partial charge < -0.3 is 26.0 Å². The van der Waals surface area contributed by atoms with Gasteiger partial charge in [-0.05, 0) is 20.8 Å². The standard InChI is InChI=1S/C10H19N5O3/c1-6(2)18-9-13-7(11)12-8(14-9)15-10(3,4-16)5-17/h6,16-17H,4-5H2,1-3H3,(H3,11,12,13,14,15). The van der Waals surface area contributed by atoms with E-state index in [1.54, 1.807) is 6.92 Å². The molecule has 5 N–H and O–H groups in total. The number of aromatic nitrogens is 3. The smallest absolute Gasteiger partial charge is 0.323 e. The van der Waals surface area contributed by atoms with Gasteiger partial charge in [-0.1, -0.05) is 0 Å². The Morgan fingerprint density at radius 2 is 1.89 bits per heavy atom. The van der Waals surface area contributed by atoms with Crippen molar-refractivity contribution in [3.05, 3.63) is 0 Å². The number of rotatable bonds is 6. The highest BCUT2D eigenvalue weighted by Crippen LogP contribution is 2.15. The monoisotopic (exact) mass is 257 g/mol. The van der Waals surface area contributed by atoms with Crippen molar-refractivity contribution in [2.75, 3.05) is 24.3 Å². The largest absolute Gasteiger partial charge is 0.461 e. The number of nitrogen functional groups attached to an aromatic ring is 1. The van der Waals surface area contributed by atoms with Crippen LogP contribution in [0.1, 0.15) is 20.8 Å². The van der Waals surface area contributed by atoms with Crippen molar-refractivity contribution in [3.8, 4) is 6.01 Å². The van der Waals surface area contributed by atoms with Gasteiger partial charge >= 0.3 is 6.01 Å². The first-order valence-electron chi connectivity index (χ1n) is 5.56. The maximum Gasteiger partial charge on any atom is 0.323 e. The van der Waals surface area contributed by atoms with Crippen LogP contribution in [0.5, 0.6) is 6.01 Å². The predicted octanol–water partition coefficient (Wildman–Crippen LogP) is -0.604. The molecule has 0 aromatic carbocycles. The molecule has 1 aromatic heterocycles. The number of nitrogens with one attached hydrogen (secondary N) is 1. The zero-order valence-electron chi connectivity index (χ0n) is 10.7. The summed E-state index contributed by atoms with van der Waals surface area (Å²) in [6.07, 6.45) is -0.0956. The van der Waals surface area contributed by atoms with Crippen LogP contribution in [0.3, 0.4) is 0 Å². The summed E-state index contributed by atoms with van der Waals surface area (Å²) < 4.78 is 5.31. The van der Waals surface area contributed by atoms with Crippen LogP contribution in [-0.4, -0.2) is 50.0 Å². The molecule has 0 saturated carbocycles. The molecule has 0 bridgehead atoms. The van der Waals surface area contributed by atoms with Crippen LogP contribution < -0.4 is 15.8 Å². The Labute approximate surface area is 105 Å². The van der Waals surface area contributed by atoms with E-state index in [2.05, 4.69) is 20.3 Å². The summed E-state index contributed by atoms with van der Waals surface area (Å²) in [6.45, 7) is 4.72. The van der Waals surface area contributed by atoms with Gasteiger partial charge in [0.2, 0.25) is 11.9 Å². The lowest BCUT2D eigenvalue weighted by atomic mass is 10.1. The Morgan fingerprint density at radius 3 is 2.39 bits per heavy atom. The fourth-order valence-corrected chi connectivity index (χ4v) is 1.09. The average Bonchev–Trinajstić information content (AvgIpc) is 2.27. The minimum absolute atomic E-state index is 0.00128. The van der Waals surface area contributed by atoms with E-state index in [0.29, 0.717) is 0 Å². The van der Waals surface area contributed by atoms with Gasteiger partial charge in [0.05, 0.1) is 24.9 Å². The average molecular weight is 257 g/mol. The van der Waals surface area contributed by atoms with Crippen molar-refractivity contribution in [2.45, 2.75) is 32.4 Å². The molecule has 8 heteroatoms. The van der Waals surface area contributed by atoms with Crippen molar-refractivity contribution >= 4 is 11.9 Å². The Kier molecular flexibility index (Phi) is 4.62. The molecule has 1 rings (SSSR count). The van der Waals surface area contributed by atoms with Crippen molar-refractivity contribution in [1.82, 2.24) is 15.0 Å². The molecule has 0 unspecified atom stereocenters. The summed E-state index contributed by atoms with van der Waals surface area (Å²) in [7, 11) is 0. The Morgan fingerprint density at radius 1 is 1.28 bits per heavy atom. The van der Waals surface area contributed by atoms with Crippen LogP contribution in [-0.2, 0) is 0 Å². The van der Waals surface area contributed by atoms with E-state index < -0.39 is 5.54 Å². The van der Waals surface area contributed by atoms with Crippen LogP contribution >= 0.6 is 0 Å². The van der Waals surface area contributed by atoms with E-state index in [-0.39, 0.29) is 37.2 Å². The van der Waals surface area contributed by atoms with E-state index in [1.807, 2.05) is 13.8 Å². The second-order valence-corrected chi connectivity index (χ2v) is 4.47. The molecule has 0 radical (unpaired) electrons. The van der Waals surface area contributed by atoms with Crippen LogP contribution in [0.4, 0.5) is 11.9 Å². The molecule has 0 fully saturated rings. The minimum atomic E-state index is -0.942. The van der Waals surface area contributed by atoms with Crippen molar-refractivity contribution < 1.29 is 14.9 Å². The fourth-order valence-electron chi connectivity index (χ4n) is 1.09. The van der Waals surface area contributed by atoms with E-state index in [9.17, 15) is 10.2 Å². The summed E-state index contributed by atoms with van der Waals surface area (Å²) >= 11 is 0. The molecule has 102 valence electrons. The maximum absolute atomic E-state index is 9.17. The second-order valence-electron chi connectivity index (χ2n) is 4.47. The van der Waals surface area contributed by atoms with Gasteiger partial charge in [-0.3, -0.25) is 0 Å². The fraction of sp³-hybridized carbons (Fsp3) is 0.700. The van der Waals surface area contributed by atoms with Gasteiger partial charge in [0.15, 0.2) is 0 Å². The van der Waals surface area contributed by atoms with Crippen molar-refractivity contribution in [2.24, 2.45) is 0 Å². The number of aliphatic hydroxyl groups excluding tert-OH is 2. The third-order valence-electron chi connectivity index (χ3n) is 2.08. The zero-order chi connectivity index (χ0) is 13.8. The summed E-state index contributed by atoms with van der Waals surface area (Å²) in [5.41, 5.74) is 4.59. The Bertz CT molecular complexity index is 395. The van der Waals surface area contributed by atoms with Crippen LogP contribution in [0.25, 0.3) is 0 Å². The quantitative estimate of drug-likeness (QED) is 0.532. The molecule has 0 aliphatic rings. The molecule has 8 nitrogen and oxygen atoms in total. The summed E-state index contributed by atoms with van der Waals surface area (Å²) in [6, 6.07) is 0.0956. The van der Waals surface area contributed by atoms with Gasteiger partial charge in [-0.15, -0.1) is 0 Å². The third-order valence-corrected chi connectivity index (χ3v) is 2.08. The number of hydrogen-bond acceptors (Lipinski definition) is 8. The number of anilines is 2. The molecule has 0 aliphatic carbocycles. The highest BCUT2D eigenvalue weighted by molar-refractivity contribution is 5.35. The minimum Gasteiger partial charge on any atom is -0.461 e. The van der Waals surface area contributed by atoms with Gasteiger partial charge in [-0.25, -0.2) is 0 Å². The molecule has 0 aliphatic heterocycles. The van der Waals surface area contributed by atoms with E-state index in [4.69, 9.17) is 10.5 Å². The Balaban J connectivity index is 2.92. The molecule has 18 heavy (non-hydrogen) atoms. The molecular formula is C10H19N5O3. The first-order chi connectivity index (χ1) is 8.38. The van der Waals surface area contributed by atoms with Gasteiger partial charge in [0, 0.05) is 0 Å². The molecule has 1 aromatic rings. The molecule has 0 amide bonds. The second kappa shape index (κ2) is 5.78. The van der Waals surface area contributed by atoms with E-state index >= 15 is 0 Å². The lowest BCUT2D eigenvalue weighted by Gasteiger charge is -2.26. The first kappa shape index (κ1) is 14.4. The summed E-state index contributed by atoms with van der Waals surface area (Å²) in [5, 5.41) is 21.1. The molecular weight excluding hydrogens is 238 g/mol. The number of ether oxygens (including phenoxy) is 1. The summed E-state index contributed by atoms with van der Waals surface area (Å²) in [4.78, 5) is 11.7. The van der Waals surface area contributed by atoms with Gasteiger partial charge in [0.25, 0.3) is 0 Å². The third kappa shape index (κ3) is 3.97. The number of nitrogens with zero attached hydrogens (tertiary/aromatic N) is 3. The highest BCUT2D eigenvalue weighted by atomic mass is 16.5. The van der Waals surface area contributed by atoms with Crippen LogP contribution in [0.15, 0.2) is 0 Å². The molecule has 0 spiro atoms. The predicted molar refractivity (Wildman–Crippen MR) is 66.2 cm³/mol. The summed E-state index contributed by atoms with van der Waals surface area (Å²) in [5.74, 6) is 0.144. The number of hydrogen-bond donors (Lipinski definition) is 4. The number of nitrogens with two attached hydrogens (primary N) is 1. The van der Waals surface area contributed by atoms with Crippen LogP contribution in [0, 0.1) is 0 Å². The molecule has 0 atom stereocenters. The van der Waals surface area contributed by atoms with Crippen LogP contribution in [0.2, 0.25) is 0 Å². The van der Waals surface area contributed by atoms with Crippen molar-refractivity contribution in [3.63, 3.8) is 0 Å². The Hall–Kier alpha value is -1.67. The zero-order valence-corrected chi connectivity index (χ0v) is 10.7. The number of aliphatic hydroxyl groups is 2. The SMILES string of the molecule is CC(C)Oc1nc(N)nc(NC(C)(CO)CO)n1.